The monoisotopic (exact) mass is 237 g/mol. The summed E-state index contributed by atoms with van der Waals surface area (Å²) in [5.74, 6) is 0.154. The highest BCUT2D eigenvalue weighted by atomic mass is 16.2. The van der Waals surface area contributed by atoms with Crippen LogP contribution >= 0.6 is 0 Å². The predicted molar refractivity (Wildman–Crippen MR) is 73.2 cm³/mol. The number of carbonyl (C=O) groups is 1. The fraction of sp³-hybridized carbons (Fsp3) is 0.188. The molecular formula is C16H15NO. The van der Waals surface area contributed by atoms with Crippen molar-refractivity contribution in [2.75, 3.05) is 4.90 Å². The number of amides is 1. The maximum Gasteiger partial charge on any atom is 0.236 e. The van der Waals surface area contributed by atoms with Crippen LogP contribution in [0.1, 0.15) is 16.7 Å². The van der Waals surface area contributed by atoms with E-state index in [0.717, 1.165) is 16.9 Å². The highest BCUT2D eigenvalue weighted by molar-refractivity contribution is 6.07. The van der Waals surface area contributed by atoms with Gasteiger partial charge in [0.05, 0.1) is 12.1 Å². The van der Waals surface area contributed by atoms with E-state index >= 15 is 0 Å². The first kappa shape index (κ1) is 11.0. The Labute approximate surface area is 107 Å². The van der Waals surface area contributed by atoms with Gasteiger partial charge in [-0.05, 0) is 48.7 Å². The lowest BCUT2D eigenvalue weighted by atomic mass is 10.1. The zero-order chi connectivity index (χ0) is 12.7. The summed E-state index contributed by atoms with van der Waals surface area (Å²) in [6, 6.07) is 14.2. The summed E-state index contributed by atoms with van der Waals surface area (Å²) in [6.45, 7) is 4.12. The molecule has 90 valence electrons. The Kier molecular flexibility index (Phi) is 2.44. The molecule has 2 nitrogen and oxygen atoms in total. The lowest BCUT2D eigenvalue weighted by Gasteiger charge is -2.18. The fourth-order valence-electron chi connectivity index (χ4n) is 2.62. The van der Waals surface area contributed by atoms with Crippen molar-refractivity contribution in [3.63, 3.8) is 0 Å². The average molecular weight is 237 g/mol. The standard InChI is InChI=1S/C16H15NO/c1-11-7-12(2)9-14(8-11)17-15-6-4-3-5-13(15)10-16(17)18/h3-9H,10H2,1-2H3. The van der Waals surface area contributed by atoms with Crippen molar-refractivity contribution in [2.45, 2.75) is 20.3 Å². The summed E-state index contributed by atoms with van der Waals surface area (Å²) < 4.78 is 0. The van der Waals surface area contributed by atoms with E-state index in [9.17, 15) is 4.79 Å². The molecule has 0 fully saturated rings. The van der Waals surface area contributed by atoms with E-state index in [1.54, 1.807) is 0 Å². The van der Waals surface area contributed by atoms with E-state index in [-0.39, 0.29) is 5.91 Å². The first-order valence-corrected chi connectivity index (χ1v) is 6.14. The van der Waals surface area contributed by atoms with Gasteiger partial charge in [0, 0.05) is 5.69 Å². The Bertz CT molecular complexity index is 610. The number of fused-ring (bicyclic) bond motifs is 1. The van der Waals surface area contributed by atoms with Gasteiger partial charge in [-0.1, -0.05) is 24.3 Å². The van der Waals surface area contributed by atoms with Crippen molar-refractivity contribution >= 4 is 17.3 Å². The number of para-hydroxylation sites is 1. The van der Waals surface area contributed by atoms with Gasteiger partial charge in [-0.15, -0.1) is 0 Å². The third-order valence-corrected chi connectivity index (χ3v) is 3.29. The first-order valence-electron chi connectivity index (χ1n) is 6.14. The number of anilines is 2. The number of carbonyl (C=O) groups excluding carboxylic acids is 1. The maximum atomic E-state index is 12.2. The van der Waals surface area contributed by atoms with Crippen LogP contribution in [0, 0.1) is 13.8 Å². The average Bonchev–Trinajstić information content (AvgIpc) is 2.63. The highest BCUT2D eigenvalue weighted by Crippen LogP contribution is 2.35. The predicted octanol–water partition coefficient (Wildman–Crippen LogP) is 3.52. The van der Waals surface area contributed by atoms with Gasteiger partial charge >= 0.3 is 0 Å². The summed E-state index contributed by atoms with van der Waals surface area (Å²) in [5.41, 5.74) is 5.47. The molecule has 0 N–H and O–H groups in total. The van der Waals surface area contributed by atoms with E-state index in [2.05, 4.69) is 32.0 Å². The molecule has 0 aromatic heterocycles. The molecule has 0 spiro atoms. The molecule has 18 heavy (non-hydrogen) atoms. The molecule has 0 bridgehead atoms. The van der Waals surface area contributed by atoms with Gasteiger partial charge in [0.1, 0.15) is 0 Å². The van der Waals surface area contributed by atoms with Crippen molar-refractivity contribution in [3.8, 4) is 0 Å². The van der Waals surface area contributed by atoms with Crippen molar-refractivity contribution in [2.24, 2.45) is 0 Å². The second kappa shape index (κ2) is 3.98. The van der Waals surface area contributed by atoms with Crippen LogP contribution in [0.2, 0.25) is 0 Å². The minimum absolute atomic E-state index is 0.154. The molecule has 1 heterocycles. The van der Waals surface area contributed by atoms with Crippen LogP contribution in [0.15, 0.2) is 42.5 Å². The number of nitrogens with zero attached hydrogens (tertiary/aromatic N) is 1. The molecule has 0 saturated heterocycles. The van der Waals surface area contributed by atoms with Gasteiger partial charge in [0.25, 0.3) is 0 Å². The molecule has 0 atom stereocenters. The largest absolute Gasteiger partial charge is 0.280 e. The van der Waals surface area contributed by atoms with Crippen LogP contribution < -0.4 is 4.90 Å². The quantitative estimate of drug-likeness (QED) is 0.743. The van der Waals surface area contributed by atoms with E-state index in [4.69, 9.17) is 0 Å². The van der Waals surface area contributed by atoms with Crippen LogP contribution in [0.3, 0.4) is 0 Å². The minimum atomic E-state index is 0.154. The number of hydrogen-bond acceptors (Lipinski definition) is 1. The highest BCUT2D eigenvalue weighted by Gasteiger charge is 2.28. The molecule has 1 aliphatic heterocycles. The number of hydrogen-bond donors (Lipinski definition) is 0. The first-order chi connectivity index (χ1) is 8.65. The van der Waals surface area contributed by atoms with Gasteiger partial charge < -0.3 is 0 Å². The Morgan fingerprint density at radius 2 is 1.67 bits per heavy atom. The van der Waals surface area contributed by atoms with E-state index in [0.29, 0.717) is 6.42 Å². The Hall–Kier alpha value is -2.09. The van der Waals surface area contributed by atoms with Crippen LogP contribution in [0.5, 0.6) is 0 Å². The van der Waals surface area contributed by atoms with Gasteiger partial charge in [-0.25, -0.2) is 0 Å². The zero-order valence-electron chi connectivity index (χ0n) is 10.6. The molecule has 0 unspecified atom stereocenters. The molecule has 1 aliphatic rings. The Balaban J connectivity index is 2.14. The fourth-order valence-corrected chi connectivity index (χ4v) is 2.62. The molecule has 0 saturated carbocycles. The van der Waals surface area contributed by atoms with Crippen LogP contribution in [-0.4, -0.2) is 5.91 Å². The molecule has 2 aromatic rings. The lowest BCUT2D eigenvalue weighted by Crippen LogP contribution is -2.20. The van der Waals surface area contributed by atoms with Crippen LogP contribution in [0.4, 0.5) is 11.4 Å². The maximum absolute atomic E-state index is 12.2. The normalized spacial score (nSPS) is 13.9. The third kappa shape index (κ3) is 1.70. The lowest BCUT2D eigenvalue weighted by molar-refractivity contribution is -0.116. The molecule has 1 amide bonds. The van der Waals surface area contributed by atoms with Gasteiger partial charge in [0.15, 0.2) is 0 Å². The van der Waals surface area contributed by atoms with Crippen molar-refractivity contribution < 1.29 is 4.79 Å². The van der Waals surface area contributed by atoms with Crippen molar-refractivity contribution in [3.05, 3.63) is 59.2 Å². The van der Waals surface area contributed by atoms with Crippen LogP contribution in [0.25, 0.3) is 0 Å². The summed E-state index contributed by atoms with van der Waals surface area (Å²) in [7, 11) is 0. The van der Waals surface area contributed by atoms with Crippen LogP contribution in [-0.2, 0) is 11.2 Å². The summed E-state index contributed by atoms with van der Waals surface area (Å²) in [5, 5.41) is 0. The SMILES string of the molecule is Cc1cc(C)cc(N2C(=O)Cc3ccccc32)c1. The second-order valence-electron chi connectivity index (χ2n) is 4.88. The molecule has 3 rings (SSSR count). The van der Waals surface area contributed by atoms with Crippen molar-refractivity contribution in [1.82, 2.24) is 0 Å². The van der Waals surface area contributed by atoms with Gasteiger partial charge in [-0.3, -0.25) is 9.69 Å². The second-order valence-corrected chi connectivity index (χ2v) is 4.88. The Morgan fingerprint density at radius 3 is 2.39 bits per heavy atom. The van der Waals surface area contributed by atoms with E-state index in [1.165, 1.54) is 11.1 Å². The summed E-state index contributed by atoms with van der Waals surface area (Å²) in [6.07, 6.45) is 0.503. The third-order valence-electron chi connectivity index (χ3n) is 3.29. The molecule has 2 heteroatoms. The summed E-state index contributed by atoms with van der Waals surface area (Å²) >= 11 is 0. The summed E-state index contributed by atoms with van der Waals surface area (Å²) in [4.78, 5) is 14.0. The van der Waals surface area contributed by atoms with Crippen molar-refractivity contribution in [1.29, 1.82) is 0 Å². The van der Waals surface area contributed by atoms with Gasteiger partial charge in [0.2, 0.25) is 5.91 Å². The van der Waals surface area contributed by atoms with E-state index < -0.39 is 0 Å². The topological polar surface area (TPSA) is 20.3 Å². The molecule has 0 radical (unpaired) electrons. The minimum Gasteiger partial charge on any atom is -0.280 e. The zero-order valence-corrected chi connectivity index (χ0v) is 10.6. The molecule has 0 aliphatic carbocycles. The Morgan fingerprint density at radius 1 is 1.00 bits per heavy atom. The molecule has 2 aromatic carbocycles. The smallest absolute Gasteiger partial charge is 0.236 e. The number of rotatable bonds is 1. The number of aryl methyl sites for hydroxylation is 2. The van der Waals surface area contributed by atoms with E-state index in [1.807, 2.05) is 29.2 Å². The number of benzene rings is 2. The van der Waals surface area contributed by atoms with Gasteiger partial charge in [-0.2, -0.15) is 0 Å². The molecular weight excluding hydrogens is 222 g/mol.